The zero-order valence-electron chi connectivity index (χ0n) is 14.9. The van der Waals surface area contributed by atoms with E-state index in [4.69, 9.17) is 10.00 Å². The van der Waals surface area contributed by atoms with Gasteiger partial charge < -0.3 is 10.1 Å². The molecule has 1 aromatic heterocycles. The molecule has 0 saturated heterocycles. The van der Waals surface area contributed by atoms with Crippen molar-refractivity contribution in [1.29, 1.82) is 5.26 Å². The van der Waals surface area contributed by atoms with Crippen LogP contribution in [0.1, 0.15) is 47.2 Å². The van der Waals surface area contributed by atoms with Crippen molar-refractivity contribution in [1.82, 2.24) is 10.3 Å². The van der Waals surface area contributed by atoms with E-state index in [-0.39, 0.29) is 17.7 Å². The Morgan fingerprint density at radius 2 is 1.86 bits per heavy atom. The third kappa shape index (κ3) is 4.80. The summed E-state index contributed by atoms with van der Waals surface area (Å²) >= 11 is 0. The van der Waals surface area contributed by atoms with Crippen molar-refractivity contribution in [3.63, 3.8) is 0 Å². The molecule has 0 spiro atoms. The second-order valence-electron chi connectivity index (χ2n) is 6.61. The molecule has 28 heavy (non-hydrogen) atoms. The van der Waals surface area contributed by atoms with Crippen LogP contribution in [0, 0.1) is 11.3 Å². The number of pyridine rings is 1. The van der Waals surface area contributed by atoms with Crippen molar-refractivity contribution in [3.05, 3.63) is 59.3 Å². The molecule has 1 aliphatic rings. The SMILES string of the molecule is N#Cc1ccc(OC2CCC(NC(=O)c3ccccc3C(F)(F)F)CC2)nc1. The quantitative estimate of drug-likeness (QED) is 0.855. The van der Waals surface area contributed by atoms with E-state index >= 15 is 0 Å². The van der Waals surface area contributed by atoms with Gasteiger partial charge in [-0.25, -0.2) is 4.98 Å². The fourth-order valence-corrected chi connectivity index (χ4v) is 3.20. The molecule has 0 radical (unpaired) electrons. The van der Waals surface area contributed by atoms with Crippen LogP contribution in [0.3, 0.4) is 0 Å². The van der Waals surface area contributed by atoms with E-state index in [1.165, 1.54) is 24.4 Å². The number of benzene rings is 1. The average molecular weight is 389 g/mol. The fourth-order valence-electron chi connectivity index (χ4n) is 3.20. The van der Waals surface area contributed by atoms with Gasteiger partial charge in [-0.2, -0.15) is 18.4 Å². The number of hydrogen-bond acceptors (Lipinski definition) is 4. The molecule has 0 atom stereocenters. The normalized spacial score (nSPS) is 19.5. The van der Waals surface area contributed by atoms with Gasteiger partial charge in [-0.3, -0.25) is 4.79 Å². The molecule has 0 bridgehead atoms. The lowest BCUT2D eigenvalue weighted by Gasteiger charge is -2.29. The molecule has 1 saturated carbocycles. The van der Waals surface area contributed by atoms with E-state index in [0.29, 0.717) is 37.1 Å². The Morgan fingerprint density at radius 1 is 1.14 bits per heavy atom. The number of nitriles is 1. The maximum absolute atomic E-state index is 13.1. The molecule has 5 nitrogen and oxygen atoms in total. The first-order chi connectivity index (χ1) is 13.4. The molecule has 1 N–H and O–H groups in total. The lowest BCUT2D eigenvalue weighted by atomic mass is 9.92. The van der Waals surface area contributed by atoms with E-state index in [0.717, 1.165) is 6.07 Å². The number of nitrogens with one attached hydrogen (secondary N) is 1. The zero-order chi connectivity index (χ0) is 20.1. The summed E-state index contributed by atoms with van der Waals surface area (Å²) < 4.78 is 45.0. The first kappa shape index (κ1) is 19.7. The number of aromatic nitrogens is 1. The van der Waals surface area contributed by atoms with Crippen LogP contribution < -0.4 is 10.1 Å². The Hall–Kier alpha value is -3.08. The van der Waals surface area contributed by atoms with E-state index in [2.05, 4.69) is 10.3 Å². The number of carbonyl (C=O) groups is 1. The smallest absolute Gasteiger partial charge is 0.417 e. The summed E-state index contributed by atoms with van der Waals surface area (Å²) in [7, 11) is 0. The van der Waals surface area contributed by atoms with Crippen LogP contribution in [0.15, 0.2) is 42.6 Å². The van der Waals surface area contributed by atoms with Gasteiger partial charge in [0.25, 0.3) is 5.91 Å². The van der Waals surface area contributed by atoms with Crippen LogP contribution in [0.5, 0.6) is 5.88 Å². The van der Waals surface area contributed by atoms with Gasteiger partial charge in [0.05, 0.1) is 16.7 Å². The summed E-state index contributed by atoms with van der Waals surface area (Å²) in [4.78, 5) is 16.4. The number of rotatable bonds is 4. The van der Waals surface area contributed by atoms with Crippen LogP contribution in [-0.4, -0.2) is 23.0 Å². The molecule has 2 aromatic rings. The lowest BCUT2D eigenvalue weighted by molar-refractivity contribution is -0.137. The maximum atomic E-state index is 13.1. The number of amides is 1. The van der Waals surface area contributed by atoms with Gasteiger partial charge in [0, 0.05) is 18.3 Å². The van der Waals surface area contributed by atoms with E-state index in [9.17, 15) is 18.0 Å². The second kappa shape index (κ2) is 8.30. The number of nitrogens with zero attached hydrogens (tertiary/aromatic N) is 2. The molecular weight excluding hydrogens is 371 g/mol. The summed E-state index contributed by atoms with van der Waals surface area (Å²) in [6.45, 7) is 0. The van der Waals surface area contributed by atoms with Crippen LogP contribution in [0.2, 0.25) is 0 Å². The number of halogens is 3. The van der Waals surface area contributed by atoms with Crippen LogP contribution >= 0.6 is 0 Å². The van der Waals surface area contributed by atoms with Crippen molar-refractivity contribution >= 4 is 5.91 Å². The first-order valence-corrected chi connectivity index (χ1v) is 8.86. The molecule has 146 valence electrons. The highest BCUT2D eigenvalue weighted by Crippen LogP contribution is 2.32. The lowest BCUT2D eigenvalue weighted by Crippen LogP contribution is -2.40. The van der Waals surface area contributed by atoms with Gasteiger partial charge >= 0.3 is 6.18 Å². The summed E-state index contributed by atoms with van der Waals surface area (Å²) in [5, 5.41) is 11.5. The molecule has 0 aliphatic heterocycles. The molecule has 1 amide bonds. The summed E-state index contributed by atoms with van der Waals surface area (Å²) in [6, 6.07) is 9.79. The van der Waals surface area contributed by atoms with E-state index < -0.39 is 17.6 Å². The molecule has 1 heterocycles. The molecule has 3 rings (SSSR count). The summed E-state index contributed by atoms with van der Waals surface area (Å²) in [6.07, 6.45) is -0.744. The molecular formula is C20H18F3N3O2. The standard InChI is InChI=1S/C20H18F3N3O2/c21-20(22,23)17-4-2-1-3-16(17)19(27)26-14-6-8-15(9-7-14)28-18-10-5-13(11-24)12-25-18/h1-5,10,12,14-15H,6-9H2,(H,26,27). The molecule has 1 aliphatic carbocycles. The molecule has 1 aromatic carbocycles. The zero-order valence-corrected chi connectivity index (χ0v) is 14.9. The molecule has 8 heteroatoms. The Morgan fingerprint density at radius 3 is 2.46 bits per heavy atom. The predicted molar refractivity (Wildman–Crippen MR) is 94.5 cm³/mol. The van der Waals surface area contributed by atoms with Gasteiger partial charge in [0.2, 0.25) is 5.88 Å². The second-order valence-corrected chi connectivity index (χ2v) is 6.61. The van der Waals surface area contributed by atoms with Crippen molar-refractivity contribution < 1.29 is 22.7 Å². The Kier molecular flexibility index (Phi) is 5.83. The molecule has 0 unspecified atom stereocenters. The van der Waals surface area contributed by atoms with Gasteiger partial charge in [0.15, 0.2) is 0 Å². The number of carbonyl (C=O) groups excluding carboxylic acids is 1. The average Bonchev–Trinajstić information content (AvgIpc) is 2.69. The minimum absolute atomic E-state index is 0.0870. The van der Waals surface area contributed by atoms with Crippen LogP contribution in [-0.2, 0) is 6.18 Å². The van der Waals surface area contributed by atoms with Crippen LogP contribution in [0.4, 0.5) is 13.2 Å². The highest BCUT2D eigenvalue weighted by atomic mass is 19.4. The van der Waals surface area contributed by atoms with Gasteiger partial charge in [-0.15, -0.1) is 0 Å². The summed E-state index contributed by atoms with van der Waals surface area (Å²) in [5.74, 6) is -0.295. The fraction of sp³-hybridized carbons (Fsp3) is 0.350. The van der Waals surface area contributed by atoms with E-state index in [1.54, 1.807) is 12.1 Å². The number of alkyl halides is 3. The van der Waals surface area contributed by atoms with Crippen molar-refractivity contribution in [3.8, 4) is 11.9 Å². The first-order valence-electron chi connectivity index (χ1n) is 8.86. The van der Waals surface area contributed by atoms with Crippen LogP contribution in [0.25, 0.3) is 0 Å². The predicted octanol–water partition coefficient (Wildman–Crippen LogP) is 4.09. The van der Waals surface area contributed by atoms with Gasteiger partial charge in [-0.1, -0.05) is 12.1 Å². The third-order valence-electron chi connectivity index (χ3n) is 4.64. The van der Waals surface area contributed by atoms with E-state index in [1.807, 2.05) is 6.07 Å². The Balaban J connectivity index is 1.54. The Bertz CT molecular complexity index is 868. The Labute approximate surface area is 160 Å². The summed E-state index contributed by atoms with van der Waals surface area (Å²) in [5.41, 5.74) is -0.857. The topological polar surface area (TPSA) is 75.0 Å². The minimum atomic E-state index is -4.58. The maximum Gasteiger partial charge on any atom is 0.417 e. The number of ether oxygens (including phenoxy) is 1. The van der Waals surface area contributed by atoms with Crippen molar-refractivity contribution in [2.45, 2.75) is 44.0 Å². The highest BCUT2D eigenvalue weighted by Gasteiger charge is 2.35. The van der Waals surface area contributed by atoms with Gasteiger partial charge in [-0.05, 0) is 43.9 Å². The minimum Gasteiger partial charge on any atom is -0.474 e. The molecule has 1 fully saturated rings. The van der Waals surface area contributed by atoms with Crippen molar-refractivity contribution in [2.75, 3.05) is 0 Å². The highest BCUT2D eigenvalue weighted by molar-refractivity contribution is 5.96. The third-order valence-corrected chi connectivity index (χ3v) is 4.64. The largest absolute Gasteiger partial charge is 0.474 e. The van der Waals surface area contributed by atoms with Gasteiger partial charge in [0.1, 0.15) is 12.2 Å². The van der Waals surface area contributed by atoms with Crippen molar-refractivity contribution in [2.24, 2.45) is 0 Å². The number of hydrogen-bond donors (Lipinski definition) is 1. The monoisotopic (exact) mass is 389 g/mol.